The second-order valence-corrected chi connectivity index (χ2v) is 4.69. The summed E-state index contributed by atoms with van der Waals surface area (Å²) in [4.78, 5) is 0. The van der Waals surface area contributed by atoms with Crippen molar-refractivity contribution in [3.05, 3.63) is 65.1 Å². The fraction of sp³-hybridized carbons (Fsp3) is 0.200. The molecule has 2 N–H and O–H groups in total. The molecule has 0 aliphatic rings. The Morgan fingerprint density at radius 2 is 1.84 bits per heavy atom. The number of nitrogens with zero attached hydrogens (tertiary/aromatic N) is 3. The number of rotatable bonds is 3. The van der Waals surface area contributed by atoms with Crippen molar-refractivity contribution in [2.24, 2.45) is 5.73 Å². The molecular weight excluding hydrogens is 236 g/mol. The van der Waals surface area contributed by atoms with Crippen LogP contribution in [-0.4, -0.2) is 14.6 Å². The molecule has 0 unspecified atom stereocenters. The molecule has 2 heterocycles. The quantitative estimate of drug-likeness (QED) is 0.776. The molecule has 0 aliphatic heterocycles. The number of benzene rings is 1. The molecule has 1 aromatic carbocycles. The third-order valence-electron chi connectivity index (χ3n) is 3.27. The van der Waals surface area contributed by atoms with Crippen LogP contribution in [0.15, 0.2) is 42.5 Å². The van der Waals surface area contributed by atoms with Crippen molar-refractivity contribution < 1.29 is 0 Å². The maximum Gasteiger partial charge on any atom is 0.161 e. The van der Waals surface area contributed by atoms with Crippen molar-refractivity contribution in [2.75, 3.05) is 0 Å². The average Bonchev–Trinajstić information content (AvgIpc) is 2.85. The van der Waals surface area contributed by atoms with Gasteiger partial charge in [-0.15, -0.1) is 10.2 Å². The second kappa shape index (κ2) is 4.82. The zero-order chi connectivity index (χ0) is 13.2. The summed E-state index contributed by atoms with van der Waals surface area (Å²) in [7, 11) is 0. The van der Waals surface area contributed by atoms with Crippen LogP contribution in [0.25, 0.3) is 5.65 Å². The van der Waals surface area contributed by atoms with E-state index >= 15 is 0 Å². The summed E-state index contributed by atoms with van der Waals surface area (Å²) in [5, 5.41) is 8.48. The second-order valence-electron chi connectivity index (χ2n) is 4.69. The molecule has 0 spiro atoms. The topological polar surface area (TPSA) is 56.2 Å². The molecule has 0 bridgehead atoms. The smallest absolute Gasteiger partial charge is 0.161 e. The summed E-state index contributed by atoms with van der Waals surface area (Å²) in [5.74, 6) is 0.930. The van der Waals surface area contributed by atoms with Crippen LogP contribution >= 0.6 is 0 Å². The number of fused-ring (bicyclic) bond motifs is 1. The Labute approximate surface area is 111 Å². The lowest BCUT2D eigenvalue weighted by Gasteiger charge is -2.05. The van der Waals surface area contributed by atoms with E-state index in [0.29, 0.717) is 6.54 Å². The zero-order valence-electron chi connectivity index (χ0n) is 10.9. The number of hydrogen-bond donors (Lipinski definition) is 1. The van der Waals surface area contributed by atoms with Crippen molar-refractivity contribution in [3.63, 3.8) is 0 Å². The van der Waals surface area contributed by atoms with Gasteiger partial charge in [-0.1, -0.05) is 35.9 Å². The predicted molar refractivity (Wildman–Crippen MR) is 74.9 cm³/mol. The number of aromatic nitrogens is 3. The molecule has 0 fully saturated rings. The highest BCUT2D eigenvalue weighted by molar-refractivity contribution is 5.40. The number of pyridine rings is 1. The first kappa shape index (κ1) is 11.9. The van der Waals surface area contributed by atoms with Crippen LogP contribution in [0.4, 0.5) is 0 Å². The summed E-state index contributed by atoms with van der Waals surface area (Å²) in [5.41, 5.74) is 10.2. The van der Waals surface area contributed by atoms with Crippen LogP contribution in [0.3, 0.4) is 0 Å². The van der Waals surface area contributed by atoms with Crippen LogP contribution in [0.2, 0.25) is 0 Å². The summed E-state index contributed by atoms with van der Waals surface area (Å²) in [6, 6.07) is 14.4. The number of hydrogen-bond acceptors (Lipinski definition) is 3. The Morgan fingerprint density at radius 1 is 1.05 bits per heavy atom. The van der Waals surface area contributed by atoms with Crippen molar-refractivity contribution in [2.45, 2.75) is 19.9 Å². The minimum atomic E-state index is 0.482. The largest absolute Gasteiger partial charge is 0.325 e. The van der Waals surface area contributed by atoms with Crippen LogP contribution in [0.1, 0.15) is 22.6 Å². The summed E-state index contributed by atoms with van der Waals surface area (Å²) < 4.78 is 2.04. The van der Waals surface area contributed by atoms with Gasteiger partial charge in [-0.2, -0.15) is 0 Å². The van der Waals surface area contributed by atoms with Gasteiger partial charge in [-0.3, -0.25) is 4.40 Å². The molecule has 0 atom stereocenters. The van der Waals surface area contributed by atoms with E-state index < -0.39 is 0 Å². The van der Waals surface area contributed by atoms with E-state index in [1.807, 2.05) is 22.6 Å². The number of nitrogens with two attached hydrogens (primary N) is 1. The molecule has 0 radical (unpaired) electrons. The first-order chi connectivity index (χ1) is 9.28. The lowest BCUT2D eigenvalue weighted by atomic mass is 10.1. The third-order valence-corrected chi connectivity index (χ3v) is 3.27. The first-order valence-corrected chi connectivity index (χ1v) is 6.35. The van der Waals surface area contributed by atoms with Gasteiger partial charge < -0.3 is 5.73 Å². The normalized spacial score (nSPS) is 11.1. The lowest BCUT2D eigenvalue weighted by molar-refractivity contribution is 0.871. The Hall–Kier alpha value is -2.20. The van der Waals surface area contributed by atoms with E-state index in [1.54, 1.807) is 0 Å². The molecule has 3 rings (SSSR count). The van der Waals surface area contributed by atoms with E-state index in [1.165, 1.54) is 11.1 Å². The Balaban J connectivity index is 2.03. The fourth-order valence-electron chi connectivity index (χ4n) is 2.23. The number of aryl methyl sites for hydroxylation is 1. The highest BCUT2D eigenvalue weighted by Gasteiger charge is 2.09. The SMILES string of the molecule is Cc1ccc(Cc2nnc3cccc(CN)n23)cc1. The van der Waals surface area contributed by atoms with E-state index in [9.17, 15) is 0 Å². The molecule has 0 saturated carbocycles. The Bertz CT molecular complexity index is 698. The maximum absolute atomic E-state index is 5.78. The molecule has 4 nitrogen and oxygen atoms in total. The van der Waals surface area contributed by atoms with Gasteiger partial charge in [0.25, 0.3) is 0 Å². The molecular formula is C15H16N4. The fourth-order valence-corrected chi connectivity index (χ4v) is 2.23. The highest BCUT2D eigenvalue weighted by Crippen LogP contribution is 2.13. The minimum Gasteiger partial charge on any atom is -0.325 e. The van der Waals surface area contributed by atoms with Gasteiger partial charge in [0.2, 0.25) is 0 Å². The van der Waals surface area contributed by atoms with Gasteiger partial charge in [0, 0.05) is 18.7 Å². The molecule has 3 aromatic rings. The molecule has 0 aliphatic carbocycles. The minimum absolute atomic E-state index is 0.482. The lowest BCUT2D eigenvalue weighted by Crippen LogP contribution is -2.07. The van der Waals surface area contributed by atoms with E-state index in [0.717, 1.165) is 23.6 Å². The van der Waals surface area contributed by atoms with Crippen LogP contribution in [0.5, 0.6) is 0 Å². The molecule has 0 saturated heterocycles. The molecule has 19 heavy (non-hydrogen) atoms. The van der Waals surface area contributed by atoms with Crippen molar-refractivity contribution >= 4 is 5.65 Å². The first-order valence-electron chi connectivity index (χ1n) is 6.35. The van der Waals surface area contributed by atoms with E-state index in [2.05, 4.69) is 41.4 Å². The summed E-state index contributed by atoms with van der Waals surface area (Å²) in [6.45, 7) is 2.57. The highest BCUT2D eigenvalue weighted by atomic mass is 15.2. The van der Waals surface area contributed by atoms with Gasteiger partial charge in [0.05, 0.1) is 0 Å². The van der Waals surface area contributed by atoms with Gasteiger partial charge in [0.1, 0.15) is 5.82 Å². The van der Waals surface area contributed by atoms with Crippen molar-refractivity contribution in [1.29, 1.82) is 0 Å². The Morgan fingerprint density at radius 3 is 2.58 bits per heavy atom. The summed E-state index contributed by atoms with van der Waals surface area (Å²) in [6.07, 6.45) is 0.762. The van der Waals surface area contributed by atoms with Crippen molar-refractivity contribution in [3.8, 4) is 0 Å². The third kappa shape index (κ3) is 2.22. The van der Waals surface area contributed by atoms with Gasteiger partial charge in [0.15, 0.2) is 5.65 Å². The van der Waals surface area contributed by atoms with E-state index in [4.69, 9.17) is 5.73 Å². The summed E-state index contributed by atoms with van der Waals surface area (Å²) >= 11 is 0. The van der Waals surface area contributed by atoms with Crippen LogP contribution in [0, 0.1) is 6.92 Å². The molecule has 4 heteroatoms. The predicted octanol–water partition coefficient (Wildman–Crippen LogP) is 2.09. The monoisotopic (exact) mass is 252 g/mol. The molecule has 2 aromatic heterocycles. The van der Waals surface area contributed by atoms with E-state index in [-0.39, 0.29) is 0 Å². The van der Waals surface area contributed by atoms with Gasteiger partial charge in [-0.25, -0.2) is 0 Å². The molecule has 96 valence electrons. The maximum atomic E-state index is 5.78. The van der Waals surface area contributed by atoms with Gasteiger partial charge in [-0.05, 0) is 24.6 Å². The Kier molecular flexibility index (Phi) is 3.01. The van der Waals surface area contributed by atoms with Crippen molar-refractivity contribution in [1.82, 2.24) is 14.6 Å². The molecule has 0 amide bonds. The average molecular weight is 252 g/mol. The standard InChI is InChI=1S/C15H16N4/c1-11-5-7-12(8-6-11)9-15-18-17-14-4-2-3-13(10-16)19(14)15/h2-8H,9-10,16H2,1H3. The van der Waals surface area contributed by atoms with Crippen LogP contribution < -0.4 is 5.73 Å². The zero-order valence-corrected chi connectivity index (χ0v) is 10.9. The van der Waals surface area contributed by atoms with Crippen LogP contribution in [-0.2, 0) is 13.0 Å². The van der Waals surface area contributed by atoms with Gasteiger partial charge >= 0.3 is 0 Å².